The molecule has 0 aromatic heterocycles. The van der Waals surface area contributed by atoms with Gasteiger partial charge in [0, 0.05) is 13.3 Å². The summed E-state index contributed by atoms with van der Waals surface area (Å²) in [5, 5.41) is 5.77. The van der Waals surface area contributed by atoms with E-state index < -0.39 is 4.87 Å². The number of esters is 1. The molecule has 2 N–H and O–H groups in total. The maximum Gasteiger partial charge on any atom is 0.305 e. The van der Waals surface area contributed by atoms with E-state index in [0.717, 1.165) is 5.56 Å². The van der Waals surface area contributed by atoms with E-state index in [2.05, 4.69) is 5.10 Å². The SMILES string of the molecule is COC(=O)CCC1(c2ccccc2)SC(N)=NN1C(C)=O. The molecule has 0 aliphatic carbocycles. The van der Waals surface area contributed by atoms with Crippen LogP contribution in [0, 0.1) is 0 Å². The number of hydrogen-bond acceptors (Lipinski definition) is 6. The molecule has 112 valence electrons. The fourth-order valence-corrected chi connectivity index (χ4v) is 3.48. The van der Waals surface area contributed by atoms with Crippen molar-refractivity contribution >= 4 is 28.8 Å². The van der Waals surface area contributed by atoms with E-state index in [1.807, 2.05) is 30.3 Å². The van der Waals surface area contributed by atoms with Crippen molar-refractivity contribution in [3.05, 3.63) is 35.9 Å². The molecule has 7 heteroatoms. The normalized spacial score (nSPS) is 21.0. The van der Waals surface area contributed by atoms with Gasteiger partial charge in [-0.2, -0.15) is 0 Å². The number of thioether (sulfide) groups is 1. The maximum absolute atomic E-state index is 11.9. The minimum atomic E-state index is -0.800. The Morgan fingerprint density at radius 2 is 2.05 bits per heavy atom. The number of carbonyl (C=O) groups is 2. The Hall–Kier alpha value is -2.02. The van der Waals surface area contributed by atoms with Gasteiger partial charge in [-0.05, 0) is 12.0 Å². The van der Waals surface area contributed by atoms with Crippen molar-refractivity contribution in [1.29, 1.82) is 0 Å². The van der Waals surface area contributed by atoms with Gasteiger partial charge in [-0.25, -0.2) is 5.01 Å². The summed E-state index contributed by atoms with van der Waals surface area (Å²) in [6, 6.07) is 9.44. The third-order valence-electron chi connectivity index (χ3n) is 3.23. The van der Waals surface area contributed by atoms with Crippen molar-refractivity contribution in [3.63, 3.8) is 0 Å². The van der Waals surface area contributed by atoms with Gasteiger partial charge >= 0.3 is 5.97 Å². The third kappa shape index (κ3) is 3.02. The summed E-state index contributed by atoms with van der Waals surface area (Å²) >= 11 is 1.28. The number of amides is 1. The smallest absolute Gasteiger partial charge is 0.305 e. The number of nitrogens with zero attached hydrogens (tertiary/aromatic N) is 2. The Morgan fingerprint density at radius 1 is 1.38 bits per heavy atom. The van der Waals surface area contributed by atoms with Gasteiger partial charge in [0.2, 0.25) is 5.91 Å². The molecule has 1 aromatic carbocycles. The summed E-state index contributed by atoms with van der Waals surface area (Å²) in [6.07, 6.45) is 0.545. The fraction of sp³-hybridized carbons (Fsp3) is 0.357. The molecule has 1 atom stereocenters. The van der Waals surface area contributed by atoms with E-state index in [9.17, 15) is 9.59 Å². The molecule has 6 nitrogen and oxygen atoms in total. The van der Waals surface area contributed by atoms with Crippen LogP contribution in [-0.2, 0) is 19.2 Å². The first-order valence-electron chi connectivity index (χ1n) is 6.46. The Morgan fingerprint density at radius 3 is 2.62 bits per heavy atom. The predicted molar refractivity (Wildman–Crippen MR) is 81.1 cm³/mol. The van der Waals surface area contributed by atoms with Crippen LogP contribution < -0.4 is 5.73 Å². The molecular weight excluding hydrogens is 290 g/mol. The molecule has 21 heavy (non-hydrogen) atoms. The number of nitrogens with two attached hydrogens (primary N) is 1. The maximum atomic E-state index is 11.9. The zero-order valence-corrected chi connectivity index (χ0v) is 12.7. The van der Waals surface area contributed by atoms with Crippen molar-refractivity contribution < 1.29 is 14.3 Å². The average molecular weight is 307 g/mol. The molecule has 0 radical (unpaired) electrons. The van der Waals surface area contributed by atoms with E-state index in [4.69, 9.17) is 10.5 Å². The fourth-order valence-electron chi connectivity index (χ4n) is 2.30. The first kappa shape index (κ1) is 15.4. The molecule has 1 heterocycles. The van der Waals surface area contributed by atoms with Gasteiger partial charge in [-0.3, -0.25) is 9.59 Å². The van der Waals surface area contributed by atoms with Crippen LogP contribution in [-0.4, -0.2) is 29.2 Å². The molecule has 1 aromatic rings. The second-order valence-corrected chi connectivity index (χ2v) is 5.90. The Kier molecular flexibility index (Phi) is 4.52. The Labute approximate surface area is 127 Å². The zero-order chi connectivity index (χ0) is 15.5. The molecule has 0 fully saturated rings. The van der Waals surface area contributed by atoms with Gasteiger partial charge in [0.05, 0.1) is 7.11 Å². The highest BCUT2D eigenvalue weighted by Crippen LogP contribution is 2.48. The number of benzene rings is 1. The molecule has 1 aliphatic rings. The number of carbonyl (C=O) groups excluding carboxylic acids is 2. The second-order valence-electron chi connectivity index (χ2n) is 4.60. The van der Waals surface area contributed by atoms with Gasteiger partial charge in [-0.15, -0.1) is 5.10 Å². The number of rotatable bonds is 4. The number of hydrazone groups is 1. The molecule has 0 saturated carbocycles. The number of ether oxygens (including phenoxy) is 1. The average Bonchev–Trinajstić information content (AvgIpc) is 2.84. The molecule has 0 spiro atoms. The van der Waals surface area contributed by atoms with Crippen molar-refractivity contribution in [2.24, 2.45) is 10.8 Å². The van der Waals surface area contributed by atoms with Crippen LogP contribution in [0.4, 0.5) is 0 Å². The largest absolute Gasteiger partial charge is 0.469 e. The van der Waals surface area contributed by atoms with Gasteiger partial charge in [-0.1, -0.05) is 42.1 Å². The molecule has 1 unspecified atom stereocenters. The van der Waals surface area contributed by atoms with Gasteiger partial charge in [0.25, 0.3) is 0 Å². The highest BCUT2D eigenvalue weighted by molar-refractivity contribution is 8.14. The van der Waals surface area contributed by atoms with Crippen LogP contribution in [0.5, 0.6) is 0 Å². The van der Waals surface area contributed by atoms with E-state index in [0.29, 0.717) is 11.6 Å². The van der Waals surface area contributed by atoms with Gasteiger partial charge in [0.1, 0.15) is 4.87 Å². The molecular formula is C14H17N3O3S. The van der Waals surface area contributed by atoms with Crippen LogP contribution in [0.15, 0.2) is 35.4 Å². The summed E-state index contributed by atoms with van der Waals surface area (Å²) in [7, 11) is 1.34. The number of methoxy groups -OCH3 is 1. The summed E-state index contributed by atoms with van der Waals surface area (Å²) in [5.74, 6) is -0.559. The van der Waals surface area contributed by atoms with Crippen LogP contribution in [0.25, 0.3) is 0 Å². The summed E-state index contributed by atoms with van der Waals surface area (Å²) in [4.78, 5) is 22.6. The Bertz CT molecular complexity index is 576. The molecule has 1 aliphatic heterocycles. The lowest BCUT2D eigenvalue weighted by atomic mass is 10.00. The van der Waals surface area contributed by atoms with E-state index in [-0.39, 0.29) is 18.3 Å². The monoisotopic (exact) mass is 307 g/mol. The van der Waals surface area contributed by atoms with Gasteiger partial charge in [0.15, 0.2) is 5.17 Å². The van der Waals surface area contributed by atoms with Crippen LogP contribution in [0.3, 0.4) is 0 Å². The zero-order valence-electron chi connectivity index (χ0n) is 11.9. The van der Waals surface area contributed by atoms with Crippen LogP contribution >= 0.6 is 11.8 Å². The number of hydrogen-bond donors (Lipinski definition) is 1. The van der Waals surface area contributed by atoms with Crippen molar-refractivity contribution in [1.82, 2.24) is 5.01 Å². The first-order valence-corrected chi connectivity index (χ1v) is 7.27. The third-order valence-corrected chi connectivity index (χ3v) is 4.47. The van der Waals surface area contributed by atoms with Gasteiger partial charge < -0.3 is 10.5 Å². The highest BCUT2D eigenvalue weighted by Gasteiger charge is 2.47. The van der Waals surface area contributed by atoms with E-state index in [1.54, 1.807) is 0 Å². The second kappa shape index (κ2) is 6.17. The molecule has 1 amide bonds. The lowest BCUT2D eigenvalue weighted by Gasteiger charge is -2.34. The van der Waals surface area contributed by atoms with E-state index in [1.165, 1.54) is 30.8 Å². The lowest BCUT2D eigenvalue weighted by molar-refractivity contribution is -0.142. The first-order chi connectivity index (χ1) is 9.99. The van der Waals surface area contributed by atoms with Crippen LogP contribution in [0.1, 0.15) is 25.3 Å². The highest BCUT2D eigenvalue weighted by atomic mass is 32.2. The molecule has 0 saturated heterocycles. The Balaban J connectivity index is 2.40. The quantitative estimate of drug-likeness (QED) is 0.854. The standard InChI is InChI=1S/C14H17N3O3S/c1-10(18)17-14(21-13(15)16-17,9-8-12(19)20-2)11-6-4-3-5-7-11/h3-7H,8-9H2,1-2H3,(H2,15,16). The minimum Gasteiger partial charge on any atom is -0.469 e. The predicted octanol–water partition coefficient (Wildman–Crippen LogP) is 1.62. The summed E-state index contributed by atoms with van der Waals surface area (Å²) in [5.41, 5.74) is 6.69. The van der Waals surface area contributed by atoms with E-state index >= 15 is 0 Å². The van der Waals surface area contributed by atoms with Crippen molar-refractivity contribution in [3.8, 4) is 0 Å². The van der Waals surface area contributed by atoms with Crippen molar-refractivity contribution in [2.75, 3.05) is 7.11 Å². The molecule has 2 rings (SSSR count). The number of amidine groups is 1. The lowest BCUT2D eigenvalue weighted by Crippen LogP contribution is -2.40. The minimum absolute atomic E-state index is 0.172. The topological polar surface area (TPSA) is 85.0 Å². The van der Waals surface area contributed by atoms with Crippen molar-refractivity contribution in [2.45, 2.75) is 24.6 Å². The summed E-state index contributed by atoms with van der Waals surface area (Å²) in [6.45, 7) is 1.43. The molecule has 0 bridgehead atoms. The summed E-state index contributed by atoms with van der Waals surface area (Å²) < 4.78 is 4.69. The van der Waals surface area contributed by atoms with Crippen LogP contribution in [0.2, 0.25) is 0 Å².